The number of benzene rings is 1. The number of carbonyl (C=O) groups is 2. The van der Waals surface area contributed by atoms with Gasteiger partial charge in [-0.25, -0.2) is 0 Å². The van der Waals surface area contributed by atoms with Gasteiger partial charge in [0.1, 0.15) is 0 Å². The number of hydrogen-bond donors (Lipinski definition) is 1. The van der Waals surface area contributed by atoms with Crippen LogP contribution in [0.25, 0.3) is 0 Å². The van der Waals surface area contributed by atoms with Crippen LogP contribution in [0.5, 0.6) is 0 Å². The number of amides is 2. The summed E-state index contributed by atoms with van der Waals surface area (Å²) in [5.41, 5.74) is 3.08. The van der Waals surface area contributed by atoms with Crippen molar-refractivity contribution >= 4 is 11.8 Å². The number of nitrogens with one attached hydrogen (secondary N) is 1. The van der Waals surface area contributed by atoms with E-state index in [1.807, 2.05) is 36.5 Å². The molecule has 0 saturated carbocycles. The van der Waals surface area contributed by atoms with Crippen LogP contribution >= 0.6 is 0 Å². The van der Waals surface area contributed by atoms with Crippen molar-refractivity contribution in [3.8, 4) is 0 Å². The molecule has 26 heavy (non-hydrogen) atoms. The Bertz CT molecular complexity index is 858. The molecule has 0 atom stereocenters. The molecular weight excluding hydrogens is 330 g/mol. The van der Waals surface area contributed by atoms with Gasteiger partial charge in [-0.2, -0.15) is 0 Å². The fourth-order valence-corrected chi connectivity index (χ4v) is 3.19. The van der Waals surface area contributed by atoms with Crippen LogP contribution < -0.4 is 10.9 Å². The van der Waals surface area contributed by atoms with Crippen molar-refractivity contribution in [3.05, 3.63) is 69.6 Å². The monoisotopic (exact) mass is 353 g/mol. The second-order valence-electron chi connectivity index (χ2n) is 6.57. The molecule has 1 aliphatic rings. The number of rotatable bonds is 5. The van der Waals surface area contributed by atoms with E-state index >= 15 is 0 Å². The van der Waals surface area contributed by atoms with E-state index in [1.54, 1.807) is 15.5 Å². The minimum atomic E-state index is -0.133. The van der Waals surface area contributed by atoms with E-state index in [1.165, 1.54) is 6.92 Å². The summed E-state index contributed by atoms with van der Waals surface area (Å²) in [5, 5.41) is 2.65. The average Bonchev–Trinajstić information content (AvgIpc) is 2.62. The molecule has 6 heteroatoms. The first kappa shape index (κ1) is 17.9. The van der Waals surface area contributed by atoms with Crippen molar-refractivity contribution in [3.63, 3.8) is 0 Å². The third kappa shape index (κ3) is 4.39. The van der Waals surface area contributed by atoms with Crippen molar-refractivity contribution in [2.24, 2.45) is 0 Å². The molecule has 3 rings (SSSR count). The molecular formula is C20H23N3O3. The summed E-state index contributed by atoms with van der Waals surface area (Å²) in [6, 6.07) is 11.5. The molecule has 0 saturated heterocycles. The van der Waals surface area contributed by atoms with E-state index < -0.39 is 0 Å². The Morgan fingerprint density at radius 2 is 1.92 bits per heavy atom. The summed E-state index contributed by atoms with van der Waals surface area (Å²) in [7, 11) is 0. The molecule has 0 fully saturated rings. The van der Waals surface area contributed by atoms with Crippen molar-refractivity contribution < 1.29 is 9.59 Å². The molecule has 1 aromatic carbocycles. The number of hydrogen-bond acceptors (Lipinski definition) is 3. The van der Waals surface area contributed by atoms with Gasteiger partial charge in [0.2, 0.25) is 11.8 Å². The van der Waals surface area contributed by atoms with Crippen molar-refractivity contribution in [1.29, 1.82) is 0 Å². The van der Waals surface area contributed by atoms with Gasteiger partial charge in [0, 0.05) is 45.2 Å². The summed E-state index contributed by atoms with van der Waals surface area (Å²) in [4.78, 5) is 37.4. The fourth-order valence-electron chi connectivity index (χ4n) is 3.19. The molecule has 1 aromatic heterocycles. The molecule has 0 aliphatic carbocycles. The lowest BCUT2D eigenvalue weighted by atomic mass is 10.0. The Morgan fingerprint density at radius 1 is 1.15 bits per heavy atom. The van der Waals surface area contributed by atoms with Gasteiger partial charge in [-0.1, -0.05) is 30.3 Å². The number of pyridine rings is 1. The van der Waals surface area contributed by atoms with Crippen LogP contribution in [0.3, 0.4) is 0 Å². The third-order valence-corrected chi connectivity index (χ3v) is 4.58. The first-order valence-corrected chi connectivity index (χ1v) is 8.81. The van der Waals surface area contributed by atoms with E-state index in [4.69, 9.17) is 0 Å². The molecule has 6 nitrogen and oxygen atoms in total. The third-order valence-electron chi connectivity index (χ3n) is 4.58. The van der Waals surface area contributed by atoms with E-state index in [0.29, 0.717) is 39.0 Å². The van der Waals surface area contributed by atoms with Gasteiger partial charge >= 0.3 is 0 Å². The number of carbonyl (C=O) groups excluding carboxylic acids is 2. The van der Waals surface area contributed by atoms with Gasteiger partial charge in [0.05, 0.1) is 6.54 Å². The summed E-state index contributed by atoms with van der Waals surface area (Å²) < 4.78 is 1.69. The molecule has 0 spiro atoms. The van der Waals surface area contributed by atoms with Crippen LogP contribution in [0.15, 0.2) is 47.4 Å². The molecule has 2 amide bonds. The lowest BCUT2D eigenvalue weighted by molar-refractivity contribution is -0.132. The predicted molar refractivity (Wildman–Crippen MR) is 98.7 cm³/mol. The topological polar surface area (TPSA) is 71.4 Å². The number of fused-ring (bicyclic) bond motifs is 1. The van der Waals surface area contributed by atoms with Crippen molar-refractivity contribution in [2.75, 3.05) is 13.1 Å². The highest BCUT2D eigenvalue weighted by molar-refractivity contribution is 5.78. The van der Waals surface area contributed by atoms with Gasteiger partial charge in [-0.3, -0.25) is 14.4 Å². The molecule has 1 aliphatic heterocycles. The minimum Gasteiger partial charge on any atom is -0.356 e. The molecule has 0 bridgehead atoms. The quantitative estimate of drug-likeness (QED) is 0.881. The van der Waals surface area contributed by atoms with E-state index in [0.717, 1.165) is 16.7 Å². The second kappa shape index (κ2) is 7.99. The van der Waals surface area contributed by atoms with Gasteiger partial charge < -0.3 is 14.8 Å². The summed E-state index contributed by atoms with van der Waals surface area (Å²) in [6.45, 7) is 3.42. The Kier molecular flexibility index (Phi) is 5.51. The highest BCUT2D eigenvalue weighted by atomic mass is 16.2. The van der Waals surface area contributed by atoms with E-state index in [2.05, 4.69) is 5.32 Å². The summed E-state index contributed by atoms with van der Waals surface area (Å²) in [5.74, 6) is -0.114. The van der Waals surface area contributed by atoms with Crippen LogP contribution in [-0.2, 0) is 29.1 Å². The number of nitrogens with zero attached hydrogens (tertiary/aromatic N) is 2. The zero-order chi connectivity index (χ0) is 18.5. The van der Waals surface area contributed by atoms with Crippen molar-refractivity contribution in [1.82, 2.24) is 14.8 Å². The lowest BCUT2D eigenvalue weighted by Crippen LogP contribution is -2.39. The SMILES string of the molecule is CC(=O)NCCC(=O)N1CCc2cc(=O)n(Cc3ccccc3)cc2C1. The van der Waals surface area contributed by atoms with E-state index in [-0.39, 0.29) is 17.4 Å². The van der Waals surface area contributed by atoms with Crippen LogP contribution in [0.4, 0.5) is 0 Å². The highest BCUT2D eigenvalue weighted by Crippen LogP contribution is 2.18. The molecule has 2 aromatic rings. The molecule has 0 radical (unpaired) electrons. The second-order valence-corrected chi connectivity index (χ2v) is 6.57. The van der Waals surface area contributed by atoms with Crippen LogP contribution in [-0.4, -0.2) is 34.4 Å². The first-order chi connectivity index (χ1) is 12.5. The van der Waals surface area contributed by atoms with Crippen LogP contribution in [0.1, 0.15) is 30.0 Å². The summed E-state index contributed by atoms with van der Waals surface area (Å²) in [6.07, 6.45) is 2.85. The highest BCUT2D eigenvalue weighted by Gasteiger charge is 2.21. The van der Waals surface area contributed by atoms with Crippen molar-refractivity contribution in [2.45, 2.75) is 32.9 Å². The first-order valence-electron chi connectivity index (χ1n) is 8.81. The Labute approximate surface area is 152 Å². The molecule has 1 N–H and O–H groups in total. The Morgan fingerprint density at radius 3 is 2.65 bits per heavy atom. The lowest BCUT2D eigenvalue weighted by Gasteiger charge is -2.29. The van der Waals surface area contributed by atoms with Gasteiger partial charge in [-0.05, 0) is 23.1 Å². The minimum absolute atomic E-state index is 0.0157. The molecule has 2 heterocycles. The molecule has 0 unspecified atom stereocenters. The fraction of sp³-hybridized carbons (Fsp3) is 0.350. The maximum absolute atomic E-state index is 12.4. The number of aromatic nitrogens is 1. The average molecular weight is 353 g/mol. The maximum atomic E-state index is 12.4. The zero-order valence-electron chi connectivity index (χ0n) is 14.9. The standard InChI is InChI=1S/C20H23N3O3/c1-15(24)21-9-7-19(25)22-10-8-17-11-20(26)23(14-18(17)13-22)12-16-5-3-2-4-6-16/h2-6,11,14H,7-10,12-13H2,1H3,(H,21,24). The van der Waals surface area contributed by atoms with Crippen LogP contribution in [0.2, 0.25) is 0 Å². The summed E-state index contributed by atoms with van der Waals surface area (Å²) >= 11 is 0. The predicted octanol–water partition coefficient (Wildman–Crippen LogP) is 1.31. The largest absolute Gasteiger partial charge is 0.356 e. The Balaban J connectivity index is 1.71. The van der Waals surface area contributed by atoms with Gasteiger partial charge in [-0.15, -0.1) is 0 Å². The van der Waals surface area contributed by atoms with Gasteiger partial charge in [0.15, 0.2) is 0 Å². The Hall–Kier alpha value is -2.89. The molecule has 136 valence electrons. The maximum Gasteiger partial charge on any atom is 0.251 e. The van der Waals surface area contributed by atoms with Crippen LogP contribution in [0, 0.1) is 0 Å². The smallest absolute Gasteiger partial charge is 0.251 e. The zero-order valence-corrected chi connectivity index (χ0v) is 14.9. The van der Waals surface area contributed by atoms with E-state index in [9.17, 15) is 14.4 Å². The normalized spacial score (nSPS) is 13.2. The van der Waals surface area contributed by atoms with Gasteiger partial charge in [0.25, 0.3) is 5.56 Å².